The molecule has 0 saturated carbocycles. The van der Waals surface area contributed by atoms with E-state index >= 15 is 0 Å². The Labute approximate surface area is 127 Å². The highest BCUT2D eigenvalue weighted by Gasteiger charge is 2.11. The van der Waals surface area contributed by atoms with Gasteiger partial charge in [0.15, 0.2) is 5.82 Å². The molecule has 0 aliphatic heterocycles. The molecule has 0 radical (unpaired) electrons. The average molecular weight is 354 g/mol. The zero-order valence-electron chi connectivity index (χ0n) is 10.3. The minimum Gasteiger partial charge on any atom is -0.369 e. The van der Waals surface area contributed by atoms with Gasteiger partial charge in [0.2, 0.25) is 0 Å². The summed E-state index contributed by atoms with van der Waals surface area (Å²) in [5.41, 5.74) is 0. The highest BCUT2D eigenvalue weighted by molar-refractivity contribution is 9.10. The molecule has 3 nitrogen and oxygen atoms in total. The summed E-state index contributed by atoms with van der Waals surface area (Å²) in [5.74, 6) is 1.73. The number of rotatable bonds is 4. The second-order valence-electron chi connectivity index (χ2n) is 4.09. The van der Waals surface area contributed by atoms with Crippen LogP contribution in [0.25, 0.3) is 20.9 Å². The summed E-state index contributed by atoms with van der Waals surface area (Å²) in [6.45, 7) is 3.08. The number of halogens is 1. The van der Waals surface area contributed by atoms with E-state index < -0.39 is 0 Å². The Morgan fingerprint density at radius 2 is 2.21 bits per heavy atom. The molecule has 0 unspecified atom stereocenters. The summed E-state index contributed by atoms with van der Waals surface area (Å²) in [6.07, 6.45) is 1.08. The van der Waals surface area contributed by atoms with Gasteiger partial charge < -0.3 is 5.32 Å². The monoisotopic (exact) mass is 353 g/mol. The number of nitrogens with one attached hydrogen (secondary N) is 1. The smallest absolute Gasteiger partial charge is 0.173 e. The molecule has 0 aliphatic rings. The molecule has 98 valence electrons. The van der Waals surface area contributed by atoms with Crippen LogP contribution in [-0.4, -0.2) is 16.5 Å². The van der Waals surface area contributed by atoms with Gasteiger partial charge in [0.05, 0.1) is 10.3 Å². The van der Waals surface area contributed by atoms with Crippen LogP contribution in [0.1, 0.15) is 13.3 Å². The van der Waals surface area contributed by atoms with E-state index in [4.69, 9.17) is 0 Å². The normalized spacial score (nSPS) is 11.1. The van der Waals surface area contributed by atoms with E-state index in [0.717, 1.165) is 44.2 Å². The van der Waals surface area contributed by atoms with Gasteiger partial charge in [0, 0.05) is 16.4 Å². The molecule has 3 aromatic rings. The van der Waals surface area contributed by atoms with Gasteiger partial charge in [0.1, 0.15) is 10.6 Å². The Hall–Kier alpha value is -0.980. The van der Waals surface area contributed by atoms with Crippen molar-refractivity contribution in [2.24, 2.45) is 0 Å². The zero-order valence-corrected chi connectivity index (χ0v) is 13.5. The van der Waals surface area contributed by atoms with Crippen molar-refractivity contribution in [3.8, 4) is 10.7 Å². The van der Waals surface area contributed by atoms with Gasteiger partial charge in [-0.1, -0.05) is 6.92 Å². The van der Waals surface area contributed by atoms with Crippen LogP contribution in [0.15, 0.2) is 27.4 Å². The molecule has 3 aromatic heterocycles. The number of fused-ring (bicyclic) bond motifs is 1. The van der Waals surface area contributed by atoms with Crippen LogP contribution in [0.3, 0.4) is 0 Å². The molecule has 0 atom stereocenters. The third-order valence-corrected chi connectivity index (χ3v) is 5.15. The van der Waals surface area contributed by atoms with Gasteiger partial charge in [-0.3, -0.25) is 0 Å². The Balaban J connectivity index is 2.10. The van der Waals surface area contributed by atoms with Crippen molar-refractivity contribution in [1.82, 2.24) is 9.97 Å². The van der Waals surface area contributed by atoms with Crippen molar-refractivity contribution < 1.29 is 0 Å². The van der Waals surface area contributed by atoms with E-state index in [2.05, 4.69) is 61.0 Å². The fourth-order valence-corrected chi connectivity index (χ4v) is 3.90. The minimum absolute atomic E-state index is 0.796. The third-order valence-electron chi connectivity index (χ3n) is 2.66. The molecule has 3 heterocycles. The van der Waals surface area contributed by atoms with Crippen LogP contribution in [0, 0.1) is 0 Å². The number of thiophene rings is 2. The van der Waals surface area contributed by atoms with E-state index in [-0.39, 0.29) is 0 Å². The number of hydrogen-bond donors (Lipinski definition) is 1. The second kappa shape index (κ2) is 5.56. The third kappa shape index (κ3) is 2.66. The molecule has 19 heavy (non-hydrogen) atoms. The molecular weight excluding hydrogens is 342 g/mol. The number of nitrogens with zero attached hydrogens (tertiary/aromatic N) is 2. The predicted molar refractivity (Wildman–Crippen MR) is 87.2 cm³/mol. The van der Waals surface area contributed by atoms with Crippen LogP contribution >= 0.6 is 38.6 Å². The first-order chi connectivity index (χ1) is 9.28. The first-order valence-electron chi connectivity index (χ1n) is 6.01. The first-order valence-corrected chi connectivity index (χ1v) is 8.56. The van der Waals surface area contributed by atoms with Crippen molar-refractivity contribution in [3.63, 3.8) is 0 Å². The fraction of sp³-hybridized carbons (Fsp3) is 0.231. The van der Waals surface area contributed by atoms with Crippen LogP contribution in [-0.2, 0) is 0 Å². The minimum atomic E-state index is 0.796. The Kier molecular flexibility index (Phi) is 3.81. The number of hydrogen-bond acceptors (Lipinski definition) is 5. The lowest BCUT2D eigenvalue weighted by Gasteiger charge is -2.06. The van der Waals surface area contributed by atoms with Crippen molar-refractivity contribution in [3.05, 3.63) is 27.4 Å². The summed E-state index contributed by atoms with van der Waals surface area (Å²) >= 11 is 6.78. The summed E-state index contributed by atoms with van der Waals surface area (Å²) in [7, 11) is 0. The highest BCUT2D eigenvalue weighted by atomic mass is 79.9. The summed E-state index contributed by atoms with van der Waals surface area (Å²) < 4.78 is 1.07. The van der Waals surface area contributed by atoms with Crippen molar-refractivity contribution in [2.45, 2.75) is 13.3 Å². The molecular formula is C13H12BrN3S2. The summed E-state index contributed by atoms with van der Waals surface area (Å²) in [6, 6.07) is 4.13. The quantitative estimate of drug-likeness (QED) is 0.716. The Morgan fingerprint density at radius 1 is 1.32 bits per heavy atom. The van der Waals surface area contributed by atoms with Gasteiger partial charge in [0.25, 0.3) is 0 Å². The molecule has 0 fully saturated rings. The predicted octanol–water partition coefficient (Wildman–Crippen LogP) is 5.00. The van der Waals surface area contributed by atoms with Gasteiger partial charge >= 0.3 is 0 Å². The highest BCUT2D eigenvalue weighted by Crippen LogP contribution is 2.32. The maximum Gasteiger partial charge on any atom is 0.173 e. The van der Waals surface area contributed by atoms with E-state index in [1.54, 1.807) is 22.7 Å². The molecule has 1 N–H and O–H groups in total. The Bertz CT molecular complexity index is 705. The molecule has 0 aliphatic carbocycles. The van der Waals surface area contributed by atoms with Gasteiger partial charge in [-0.05, 0) is 39.9 Å². The first kappa shape index (κ1) is 13.0. The van der Waals surface area contributed by atoms with Crippen LogP contribution in [0.2, 0.25) is 0 Å². The van der Waals surface area contributed by atoms with Gasteiger partial charge in [-0.25, -0.2) is 9.97 Å². The maximum absolute atomic E-state index is 4.67. The maximum atomic E-state index is 4.67. The van der Waals surface area contributed by atoms with Crippen molar-refractivity contribution in [1.29, 1.82) is 0 Å². The second-order valence-corrected chi connectivity index (χ2v) is 6.81. The summed E-state index contributed by atoms with van der Waals surface area (Å²) in [4.78, 5) is 11.4. The van der Waals surface area contributed by atoms with Crippen molar-refractivity contribution in [2.75, 3.05) is 11.9 Å². The summed E-state index contributed by atoms with van der Waals surface area (Å²) in [5, 5.41) is 8.61. The van der Waals surface area contributed by atoms with Crippen LogP contribution in [0.5, 0.6) is 0 Å². The lowest BCUT2D eigenvalue weighted by atomic mass is 10.3. The van der Waals surface area contributed by atoms with Crippen LogP contribution < -0.4 is 5.32 Å². The Morgan fingerprint density at radius 3 is 2.95 bits per heavy atom. The average Bonchev–Trinajstić information content (AvgIpc) is 3.03. The SMILES string of the molecule is CCCNc1nc(-c2cc(Br)cs2)nc2sccc12. The van der Waals surface area contributed by atoms with Gasteiger partial charge in [-0.15, -0.1) is 22.7 Å². The van der Waals surface area contributed by atoms with E-state index in [0.29, 0.717) is 0 Å². The molecule has 0 spiro atoms. The molecule has 6 heteroatoms. The van der Waals surface area contributed by atoms with Crippen molar-refractivity contribution >= 4 is 54.6 Å². The number of aromatic nitrogens is 2. The standard InChI is InChI=1S/C13H12BrN3S2/c1-2-4-15-11-9-3-5-18-13(9)17-12(16-11)10-6-8(14)7-19-10/h3,5-7H,2,4H2,1H3,(H,15,16,17). The van der Waals surface area contributed by atoms with Gasteiger partial charge in [-0.2, -0.15) is 0 Å². The zero-order chi connectivity index (χ0) is 13.2. The van der Waals surface area contributed by atoms with E-state index in [1.165, 1.54) is 0 Å². The van der Waals surface area contributed by atoms with E-state index in [9.17, 15) is 0 Å². The molecule has 3 rings (SSSR count). The fourth-order valence-electron chi connectivity index (χ4n) is 1.77. The molecule has 0 bridgehead atoms. The molecule has 0 saturated heterocycles. The van der Waals surface area contributed by atoms with E-state index in [1.807, 2.05) is 0 Å². The molecule has 0 aromatic carbocycles. The van der Waals surface area contributed by atoms with Crippen LogP contribution in [0.4, 0.5) is 5.82 Å². The number of anilines is 1. The molecule has 0 amide bonds. The largest absolute Gasteiger partial charge is 0.369 e. The topological polar surface area (TPSA) is 37.8 Å². The lowest BCUT2D eigenvalue weighted by Crippen LogP contribution is -2.03. The lowest BCUT2D eigenvalue weighted by molar-refractivity contribution is 0.971.